The zero-order valence-corrected chi connectivity index (χ0v) is 12.7. The SMILES string of the molecule is CN(C)CCOCCNCc1cn(C)c2ccccc12. The van der Waals surface area contributed by atoms with E-state index in [1.807, 2.05) is 0 Å². The molecule has 20 heavy (non-hydrogen) atoms. The van der Waals surface area contributed by atoms with Crippen molar-refractivity contribution in [2.24, 2.45) is 7.05 Å². The highest BCUT2D eigenvalue weighted by Gasteiger charge is 2.04. The van der Waals surface area contributed by atoms with E-state index in [0.717, 1.165) is 32.8 Å². The number of aryl methyl sites for hydroxylation is 1. The summed E-state index contributed by atoms with van der Waals surface area (Å²) in [5.41, 5.74) is 2.63. The lowest BCUT2D eigenvalue weighted by molar-refractivity contribution is 0.119. The molecule has 0 fully saturated rings. The highest BCUT2D eigenvalue weighted by Crippen LogP contribution is 2.19. The largest absolute Gasteiger partial charge is 0.379 e. The highest BCUT2D eigenvalue weighted by atomic mass is 16.5. The molecule has 1 aromatic carbocycles. The highest BCUT2D eigenvalue weighted by molar-refractivity contribution is 5.83. The van der Waals surface area contributed by atoms with E-state index in [4.69, 9.17) is 4.74 Å². The average Bonchev–Trinajstić information content (AvgIpc) is 2.75. The van der Waals surface area contributed by atoms with Crippen LogP contribution in [0, 0.1) is 0 Å². The lowest BCUT2D eigenvalue weighted by atomic mass is 10.2. The number of benzene rings is 1. The number of rotatable bonds is 8. The Morgan fingerprint density at radius 1 is 1.20 bits per heavy atom. The van der Waals surface area contributed by atoms with Gasteiger partial charge in [0.25, 0.3) is 0 Å². The minimum Gasteiger partial charge on any atom is -0.379 e. The number of fused-ring (bicyclic) bond motifs is 1. The lowest BCUT2D eigenvalue weighted by Gasteiger charge is -2.10. The average molecular weight is 275 g/mol. The summed E-state index contributed by atoms with van der Waals surface area (Å²) in [4.78, 5) is 2.13. The first-order valence-electron chi connectivity index (χ1n) is 7.14. The van der Waals surface area contributed by atoms with Crippen LogP contribution in [0.15, 0.2) is 30.5 Å². The van der Waals surface area contributed by atoms with Crippen LogP contribution in [0.5, 0.6) is 0 Å². The van der Waals surface area contributed by atoms with E-state index in [1.165, 1.54) is 16.5 Å². The first-order chi connectivity index (χ1) is 9.68. The second-order valence-electron chi connectivity index (χ2n) is 5.37. The summed E-state index contributed by atoms with van der Waals surface area (Å²) < 4.78 is 7.75. The number of aromatic nitrogens is 1. The van der Waals surface area contributed by atoms with Crippen molar-refractivity contribution in [3.05, 3.63) is 36.0 Å². The number of likely N-dealkylation sites (N-methyl/N-ethyl adjacent to an activating group) is 1. The van der Waals surface area contributed by atoms with Gasteiger partial charge in [0, 0.05) is 43.8 Å². The van der Waals surface area contributed by atoms with Crippen molar-refractivity contribution in [1.29, 1.82) is 0 Å². The van der Waals surface area contributed by atoms with E-state index in [9.17, 15) is 0 Å². The third kappa shape index (κ3) is 4.07. The summed E-state index contributed by atoms with van der Waals surface area (Å²) >= 11 is 0. The van der Waals surface area contributed by atoms with Crippen LogP contribution in [0.2, 0.25) is 0 Å². The van der Waals surface area contributed by atoms with Crippen molar-refractivity contribution in [1.82, 2.24) is 14.8 Å². The fraction of sp³-hybridized carbons (Fsp3) is 0.500. The van der Waals surface area contributed by atoms with Crippen LogP contribution in [0.1, 0.15) is 5.56 Å². The van der Waals surface area contributed by atoms with Gasteiger partial charge < -0.3 is 19.5 Å². The molecule has 0 radical (unpaired) electrons. The minimum atomic E-state index is 0.763. The molecule has 0 unspecified atom stereocenters. The third-order valence-electron chi connectivity index (χ3n) is 3.40. The van der Waals surface area contributed by atoms with Crippen LogP contribution in [-0.2, 0) is 18.3 Å². The number of ether oxygens (including phenoxy) is 1. The zero-order valence-electron chi connectivity index (χ0n) is 12.7. The number of hydrogen-bond acceptors (Lipinski definition) is 3. The summed E-state index contributed by atoms with van der Waals surface area (Å²) in [5.74, 6) is 0. The molecule has 110 valence electrons. The Balaban J connectivity index is 1.74. The number of hydrogen-bond donors (Lipinski definition) is 1. The van der Waals surface area contributed by atoms with Crippen LogP contribution in [-0.4, -0.2) is 49.9 Å². The van der Waals surface area contributed by atoms with Gasteiger partial charge in [0.1, 0.15) is 0 Å². The van der Waals surface area contributed by atoms with E-state index in [1.54, 1.807) is 0 Å². The molecule has 0 aliphatic heterocycles. The molecule has 0 saturated carbocycles. The Kier molecular flexibility index (Phi) is 5.59. The Bertz CT molecular complexity index is 534. The molecular formula is C16H25N3O. The Morgan fingerprint density at radius 3 is 2.80 bits per heavy atom. The van der Waals surface area contributed by atoms with E-state index in [2.05, 4.69) is 66.4 Å². The fourth-order valence-electron chi connectivity index (χ4n) is 2.28. The molecule has 2 aromatic rings. The molecule has 0 aliphatic rings. The van der Waals surface area contributed by atoms with Gasteiger partial charge >= 0.3 is 0 Å². The van der Waals surface area contributed by atoms with Crippen molar-refractivity contribution in [3.8, 4) is 0 Å². The summed E-state index contributed by atoms with van der Waals surface area (Å²) in [5, 5.41) is 4.77. The molecule has 2 rings (SSSR count). The zero-order chi connectivity index (χ0) is 14.4. The molecule has 0 bridgehead atoms. The first-order valence-corrected chi connectivity index (χ1v) is 7.14. The van der Waals surface area contributed by atoms with E-state index in [-0.39, 0.29) is 0 Å². The van der Waals surface area contributed by atoms with Gasteiger partial charge in [-0.1, -0.05) is 18.2 Å². The predicted octanol–water partition coefficient (Wildman–Crippen LogP) is 1.85. The van der Waals surface area contributed by atoms with Gasteiger partial charge in [-0.05, 0) is 25.7 Å². The third-order valence-corrected chi connectivity index (χ3v) is 3.40. The van der Waals surface area contributed by atoms with Gasteiger partial charge in [-0.3, -0.25) is 0 Å². The van der Waals surface area contributed by atoms with Crippen LogP contribution >= 0.6 is 0 Å². The van der Waals surface area contributed by atoms with Crippen LogP contribution in [0.3, 0.4) is 0 Å². The quantitative estimate of drug-likeness (QED) is 0.746. The summed E-state index contributed by atoms with van der Waals surface area (Å²) in [6.45, 7) is 4.31. The molecule has 0 amide bonds. The normalized spacial score (nSPS) is 11.6. The Morgan fingerprint density at radius 2 is 2.00 bits per heavy atom. The van der Waals surface area contributed by atoms with Crippen molar-refractivity contribution in [2.45, 2.75) is 6.54 Å². The molecule has 1 heterocycles. The van der Waals surface area contributed by atoms with E-state index < -0.39 is 0 Å². The van der Waals surface area contributed by atoms with E-state index in [0.29, 0.717) is 0 Å². The Hall–Kier alpha value is -1.36. The molecule has 0 saturated heterocycles. The topological polar surface area (TPSA) is 29.4 Å². The molecule has 1 N–H and O–H groups in total. The second-order valence-corrected chi connectivity index (χ2v) is 5.37. The molecule has 4 heteroatoms. The summed E-state index contributed by atoms with van der Waals surface area (Å²) in [6, 6.07) is 8.51. The van der Waals surface area contributed by atoms with Crippen LogP contribution < -0.4 is 5.32 Å². The number of para-hydroxylation sites is 1. The fourth-order valence-corrected chi connectivity index (χ4v) is 2.28. The summed E-state index contributed by atoms with van der Waals surface area (Å²) in [7, 11) is 6.21. The van der Waals surface area contributed by atoms with Gasteiger partial charge in [-0.15, -0.1) is 0 Å². The number of nitrogens with one attached hydrogen (secondary N) is 1. The second kappa shape index (κ2) is 7.43. The summed E-state index contributed by atoms with van der Waals surface area (Å²) in [6.07, 6.45) is 2.20. The minimum absolute atomic E-state index is 0.763. The number of nitrogens with zero attached hydrogens (tertiary/aromatic N) is 2. The predicted molar refractivity (Wildman–Crippen MR) is 84.0 cm³/mol. The van der Waals surface area contributed by atoms with Gasteiger partial charge in [0.2, 0.25) is 0 Å². The molecule has 1 aromatic heterocycles. The maximum atomic E-state index is 5.57. The molecule has 0 atom stereocenters. The van der Waals surface area contributed by atoms with Gasteiger partial charge in [-0.2, -0.15) is 0 Å². The molecular weight excluding hydrogens is 250 g/mol. The molecule has 0 spiro atoms. The molecule has 4 nitrogen and oxygen atoms in total. The first kappa shape index (κ1) is 15.0. The standard InChI is InChI=1S/C16H25N3O/c1-18(2)9-11-20-10-8-17-12-14-13-19(3)16-7-5-4-6-15(14)16/h4-7,13,17H,8-12H2,1-3H3. The van der Waals surface area contributed by atoms with Gasteiger partial charge in [0.05, 0.1) is 13.2 Å². The van der Waals surface area contributed by atoms with Crippen LogP contribution in [0.25, 0.3) is 10.9 Å². The van der Waals surface area contributed by atoms with Crippen LogP contribution in [0.4, 0.5) is 0 Å². The van der Waals surface area contributed by atoms with Gasteiger partial charge in [-0.25, -0.2) is 0 Å². The van der Waals surface area contributed by atoms with Gasteiger partial charge in [0.15, 0.2) is 0 Å². The lowest BCUT2D eigenvalue weighted by Crippen LogP contribution is -2.22. The maximum absolute atomic E-state index is 5.57. The smallest absolute Gasteiger partial charge is 0.0593 e. The van der Waals surface area contributed by atoms with Crippen molar-refractivity contribution in [2.75, 3.05) is 40.4 Å². The molecule has 0 aliphatic carbocycles. The van der Waals surface area contributed by atoms with Crippen molar-refractivity contribution >= 4 is 10.9 Å². The van der Waals surface area contributed by atoms with Crippen molar-refractivity contribution < 1.29 is 4.74 Å². The van der Waals surface area contributed by atoms with Crippen molar-refractivity contribution in [3.63, 3.8) is 0 Å². The Labute approximate surface area is 121 Å². The monoisotopic (exact) mass is 275 g/mol. The van der Waals surface area contributed by atoms with E-state index >= 15 is 0 Å². The maximum Gasteiger partial charge on any atom is 0.0593 e.